The number of amides is 1. The third-order valence-corrected chi connectivity index (χ3v) is 6.54. The molecule has 9 heteroatoms. The molecule has 0 spiro atoms. The van der Waals surface area contributed by atoms with Gasteiger partial charge in [0.2, 0.25) is 5.91 Å². The van der Waals surface area contributed by atoms with Crippen LogP contribution < -0.4 is 10.1 Å². The minimum atomic E-state index is -0.365. The number of hydrogen-bond acceptors (Lipinski definition) is 5. The van der Waals surface area contributed by atoms with E-state index in [-0.39, 0.29) is 11.7 Å². The first-order valence-electron chi connectivity index (χ1n) is 12.6. The first-order chi connectivity index (χ1) is 19.0. The summed E-state index contributed by atoms with van der Waals surface area (Å²) in [6.07, 6.45) is 4.55. The Bertz CT molecular complexity index is 1840. The van der Waals surface area contributed by atoms with E-state index in [9.17, 15) is 9.18 Å². The highest BCUT2D eigenvalue weighted by Gasteiger charge is 2.16. The largest absolute Gasteiger partial charge is 0.497 e. The second-order valence-electron chi connectivity index (χ2n) is 9.25. The molecule has 194 valence electrons. The van der Waals surface area contributed by atoms with Crippen molar-refractivity contribution in [1.82, 2.24) is 25.1 Å². The SMILES string of the molecule is CCCC(=O)Nc1cncc(-c2ccc3[nH]nc(-c4cc5c(-c6cc(F)cc(OC)c6)cccc5[nH]4)c3n2)c1. The average molecular weight is 521 g/mol. The summed E-state index contributed by atoms with van der Waals surface area (Å²) in [4.78, 5) is 24.7. The number of hydrogen-bond donors (Lipinski definition) is 3. The van der Waals surface area contributed by atoms with Crippen LogP contribution in [0.2, 0.25) is 0 Å². The number of methoxy groups -OCH3 is 1. The van der Waals surface area contributed by atoms with Gasteiger partial charge in [-0.1, -0.05) is 19.1 Å². The predicted octanol–water partition coefficient (Wildman–Crippen LogP) is 6.72. The molecule has 0 atom stereocenters. The lowest BCUT2D eigenvalue weighted by Gasteiger charge is -2.07. The summed E-state index contributed by atoms with van der Waals surface area (Å²) in [7, 11) is 1.52. The Kier molecular flexibility index (Phi) is 6.24. The Morgan fingerprint density at radius 1 is 1.03 bits per heavy atom. The zero-order valence-electron chi connectivity index (χ0n) is 21.4. The molecular weight excluding hydrogens is 495 g/mol. The lowest BCUT2D eigenvalue weighted by atomic mass is 10.0. The summed E-state index contributed by atoms with van der Waals surface area (Å²) in [5, 5.41) is 11.4. The average Bonchev–Trinajstić information content (AvgIpc) is 3.56. The van der Waals surface area contributed by atoms with Gasteiger partial charge in [0.15, 0.2) is 0 Å². The summed E-state index contributed by atoms with van der Waals surface area (Å²) in [6.45, 7) is 1.96. The number of fused-ring (bicyclic) bond motifs is 2. The molecule has 6 rings (SSSR count). The van der Waals surface area contributed by atoms with E-state index in [0.717, 1.165) is 39.7 Å². The number of aromatic amines is 2. The molecule has 0 aliphatic carbocycles. The number of anilines is 1. The van der Waals surface area contributed by atoms with Gasteiger partial charge in [-0.2, -0.15) is 5.10 Å². The Morgan fingerprint density at radius 3 is 2.77 bits per heavy atom. The highest BCUT2D eigenvalue weighted by molar-refractivity contribution is 6.00. The number of carbonyl (C=O) groups is 1. The lowest BCUT2D eigenvalue weighted by Crippen LogP contribution is -2.10. The van der Waals surface area contributed by atoms with Crippen molar-refractivity contribution in [3.63, 3.8) is 0 Å². The zero-order chi connectivity index (χ0) is 26.9. The van der Waals surface area contributed by atoms with Crippen LogP contribution in [0.3, 0.4) is 0 Å². The van der Waals surface area contributed by atoms with E-state index in [2.05, 4.69) is 25.5 Å². The molecular formula is C30H25FN6O2. The molecule has 4 aromatic heterocycles. The van der Waals surface area contributed by atoms with Crippen molar-refractivity contribution in [2.75, 3.05) is 12.4 Å². The first kappa shape index (κ1) is 24.3. The van der Waals surface area contributed by atoms with E-state index in [1.165, 1.54) is 19.2 Å². The lowest BCUT2D eigenvalue weighted by molar-refractivity contribution is -0.116. The summed E-state index contributed by atoms with van der Waals surface area (Å²) in [6, 6.07) is 18.2. The number of H-pyrrole nitrogens is 2. The van der Waals surface area contributed by atoms with Crippen molar-refractivity contribution in [3.8, 4) is 39.5 Å². The minimum Gasteiger partial charge on any atom is -0.497 e. The maximum atomic E-state index is 14.3. The monoisotopic (exact) mass is 520 g/mol. The van der Waals surface area contributed by atoms with Crippen LogP contribution in [0.4, 0.5) is 10.1 Å². The van der Waals surface area contributed by atoms with Crippen molar-refractivity contribution in [2.45, 2.75) is 19.8 Å². The summed E-state index contributed by atoms with van der Waals surface area (Å²) >= 11 is 0. The summed E-state index contributed by atoms with van der Waals surface area (Å²) in [5.74, 6) is 0.0405. The number of pyridine rings is 2. The summed E-state index contributed by atoms with van der Waals surface area (Å²) in [5.41, 5.74) is 7.47. The van der Waals surface area contributed by atoms with Gasteiger partial charge in [-0.25, -0.2) is 9.37 Å². The maximum Gasteiger partial charge on any atom is 0.224 e. The molecule has 8 nitrogen and oxygen atoms in total. The minimum absolute atomic E-state index is 0.0492. The Labute approximate surface area is 223 Å². The molecule has 0 bridgehead atoms. The Morgan fingerprint density at radius 2 is 1.92 bits per heavy atom. The molecule has 6 aromatic rings. The molecule has 39 heavy (non-hydrogen) atoms. The number of carbonyl (C=O) groups excluding carboxylic acids is 1. The molecule has 0 unspecified atom stereocenters. The fourth-order valence-electron chi connectivity index (χ4n) is 4.72. The van der Waals surface area contributed by atoms with Crippen LogP contribution in [0, 0.1) is 5.82 Å². The van der Waals surface area contributed by atoms with E-state index in [0.29, 0.717) is 40.3 Å². The van der Waals surface area contributed by atoms with Gasteiger partial charge in [-0.3, -0.25) is 14.9 Å². The molecule has 0 saturated heterocycles. The number of aromatic nitrogens is 5. The van der Waals surface area contributed by atoms with E-state index in [1.807, 2.05) is 55.5 Å². The fraction of sp³-hybridized carbons (Fsp3) is 0.133. The predicted molar refractivity (Wildman–Crippen MR) is 150 cm³/mol. The van der Waals surface area contributed by atoms with Crippen LogP contribution in [-0.2, 0) is 4.79 Å². The number of ether oxygens (including phenoxy) is 1. The van der Waals surface area contributed by atoms with Crippen molar-refractivity contribution >= 4 is 33.5 Å². The second kappa shape index (κ2) is 10.0. The third kappa shape index (κ3) is 4.70. The van der Waals surface area contributed by atoms with Gasteiger partial charge < -0.3 is 15.0 Å². The number of rotatable bonds is 7. The Balaban J connectivity index is 1.40. The van der Waals surface area contributed by atoms with E-state index in [4.69, 9.17) is 9.72 Å². The second-order valence-corrected chi connectivity index (χ2v) is 9.25. The van der Waals surface area contributed by atoms with E-state index >= 15 is 0 Å². The van der Waals surface area contributed by atoms with Gasteiger partial charge in [0.25, 0.3) is 0 Å². The van der Waals surface area contributed by atoms with E-state index < -0.39 is 0 Å². The standard InChI is InChI=1S/C30H25FN6O2/c1-3-5-28(38)33-20-11-18(15-32-16-20)24-8-9-26-29(35-24)30(37-36-26)27-14-23-22(6-4-7-25(23)34-27)17-10-19(31)13-21(12-17)39-2/h4,6-16,34H,3,5H2,1-2H3,(H,33,38)(H,36,37). The van der Waals surface area contributed by atoms with Crippen LogP contribution in [0.25, 0.3) is 55.7 Å². The van der Waals surface area contributed by atoms with Crippen molar-refractivity contribution in [3.05, 3.63) is 78.9 Å². The van der Waals surface area contributed by atoms with Crippen molar-refractivity contribution in [2.24, 2.45) is 0 Å². The molecule has 4 heterocycles. The molecule has 0 aliphatic heterocycles. The van der Waals surface area contributed by atoms with Gasteiger partial charge in [0, 0.05) is 35.2 Å². The van der Waals surface area contributed by atoms with Crippen LogP contribution in [0.1, 0.15) is 19.8 Å². The number of nitrogens with one attached hydrogen (secondary N) is 3. The Hall–Kier alpha value is -5.05. The smallest absolute Gasteiger partial charge is 0.224 e. The zero-order valence-corrected chi connectivity index (χ0v) is 21.4. The van der Waals surface area contributed by atoms with Gasteiger partial charge in [0.1, 0.15) is 22.8 Å². The number of halogens is 1. The number of benzene rings is 2. The highest BCUT2D eigenvalue weighted by Crippen LogP contribution is 2.35. The van der Waals surface area contributed by atoms with E-state index in [1.54, 1.807) is 12.4 Å². The molecule has 0 saturated carbocycles. The topological polar surface area (TPSA) is 109 Å². The maximum absolute atomic E-state index is 14.3. The van der Waals surface area contributed by atoms with Gasteiger partial charge >= 0.3 is 0 Å². The van der Waals surface area contributed by atoms with Crippen LogP contribution in [-0.4, -0.2) is 38.2 Å². The van der Waals surface area contributed by atoms with Crippen molar-refractivity contribution in [1.29, 1.82) is 0 Å². The van der Waals surface area contributed by atoms with Crippen molar-refractivity contribution < 1.29 is 13.9 Å². The fourth-order valence-corrected chi connectivity index (χ4v) is 4.72. The van der Waals surface area contributed by atoms with Crippen LogP contribution >= 0.6 is 0 Å². The van der Waals surface area contributed by atoms with Crippen LogP contribution in [0.5, 0.6) is 5.75 Å². The van der Waals surface area contributed by atoms with Crippen LogP contribution in [0.15, 0.2) is 73.1 Å². The third-order valence-electron chi connectivity index (χ3n) is 6.54. The first-order valence-corrected chi connectivity index (χ1v) is 12.6. The molecule has 0 radical (unpaired) electrons. The highest BCUT2D eigenvalue weighted by atomic mass is 19.1. The van der Waals surface area contributed by atoms with Gasteiger partial charge in [-0.05, 0) is 60.0 Å². The summed E-state index contributed by atoms with van der Waals surface area (Å²) < 4.78 is 19.5. The molecule has 2 aromatic carbocycles. The number of nitrogens with zero attached hydrogens (tertiary/aromatic N) is 3. The molecule has 0 aliphatic rings. The quantitative estimate of drug-likeness (QED) is 0.216. The molecule has 3 N–H and O–H groups in total. The normalized spacial score (nSPS) is 11.3. The van der Waals surface area contributed by atoms with Gasteiger partial charge in [-0.15, -0.1) is 0 Å². The molecule has 1 amide bonds. The molecule has 0 fully saturated rings. The van der Waals surface area contributed by atoms with Gasteiger partial charge in [0.05, 0.1) is 35.9 Å².